The number of hydrogen-bond acceptors (Lipinski definition) is 5. The molecule has 3 aromatic rings. The fourth-order valence-corrected chi connectivity index (χ4v) is 4.57. The lowest BCUT2D eigenvalue weighted by atomic mass is 10.2. The van der Waals surface area contributed by atoms with Gasteiger partial charge in [-0.05, 0) is 49.4 Å². The number of anilines is 1. The Labute approximate surface area is 190 Å². The molecule has 0 spiro atoms. The zero-order valence-electron chi connectivity index (χ0n) is 16.6. The molecule has 2 aromatic carbocycles. The summed E-state index contributed by atoms with van der Waals surface area (Å²) in [6.45, 7) is 1.48. The molecule has 1 N–H and O–H groups in total. The summed E-state index contributed by atoms with van der Waals surface area (Å²) in [6, 6.07) is 15.8. The number of carbonyl (C=O) groups excluding carboxylic acids is 1. The van der Waals surface area contributed by atoms with E-state index in [1.165, 1.54) is 13.1 Å². The van der Waals surface area contributed by atoms with Gasteiger partial charge in [0.05, 0.1) is 23.2 Å². The minimum Gasteiger partial charge on any atom is -0.455 e. The molecule has 0 aliphatic rings. The van der Waals surface area contributed by atoms with Crippen LogP contribution in [0.15, 0.2) is 70.2 Å². The molecule has 1 atom stereocenters. The van der Waals surface area contributed by atoms with Crippen LogP contribution in [0.4, 0.5) is 5.69 Å². The van der Waals surface area contributed by atoms with E-state index in [4.69, 9.17) is 27.6 Å². The molecule has 0 unspecified atom stereocenters. The van der Waals surface area contributed by atoms with Gasteiger partial charge in [-0.2, -0.15) is 5.10 Å². The summed E-state index contributed by atoms with van der Waals surface area (Å²) in [7, 11) is -3.69. The summed E-state index contributed by atoms with van der Waals surface area (Å²) in [6.07, 6.45) is 2.35. The van der Waals surface area contributed by atoms with Gasteiger partial charge in [-0.25, -0.2) is 13.8 Å². The quantitative estimate of drug-likeness (QED) is 0.397. The summed E-state index contributed by atoms with van der Waals surface area (Å²) in [5.41, 5.74) is 3.39. The second kappa shape index (κ2) is 9.55. The van der Waals surface area contributed by atoms with Crippen LogP contribution in [-0.2, 0) is 14.8 Å². The average molecular weight is 480 g/mol. The first kappa shape index (κ1) is 22.9. The minimum atomic E-state index is -3.69. The van der Waals surface area contributed by atoms with E-state index < -0.39 is 22.0 Å². The molecule has 0 radical (unpaired) electrons. The van der Waals surface area contributed by atoms with E-state index in [2.05, 4.69) is 10.5 Å². The maximum Gasteiger partial charge on any atom is 0.263 e. The van der Waals surface area contributed by atoms with Crippen molar-refractivity contribution in [2.24, 2.45) is 5.10 Å². The Morgan fingerprint density at radius 1 is 1.13 bits per heavy atom. The van der Waals surface area contributed by atoms with Gasteiger partial charge in [0, 0.05) is 10.6 Å². The standard InChI is InChI=1S/C21H19Cl2N3O4S/c1-14(26(31(2,28)29)16-6-4-3-5-7-16)21(27)25-24-13-17-9-11-20(30-17)18-10-8-15(22)12-19(18)23/h3-14H,1-2H3,(H,25,27)/b24-13-/t14-/m0/s1. The molecule has 3 rings (SSSR count). The highest BCUT2D eigenvalue weighted by molar-refractivity contribution is 7.92. The van der Waals surface area contributed by atoms with Crippen molar-refractivity contribution in [1.29, 1.82) is 0 Å². The van der Waals surface area contributed by atoms with Crippen molar-refractivity contribution in [3.05, 3.63) is 76.5 Å². The number of carbonyl (C=O) groups is 1. The third kappa shape index (κ3) is 5.66. The van der Waals surface area contributed by atoms with Gasteiger partial charge < -0.3 is 4.42 Å². The topological polar surface area (TPSA) is 92.0 Å². The highest BCUT2D eigenvalue weighted by Crippen LogP contribution is 2.31. The number of furan rings is 1. The summed E-state index contributed by atoms with van der Waals surface area (Å²) in [5, 5.41) is 4.82. The van der Waals surface area contributed by atoms with Crippen LogP contribution in [0.1, 0.15) is 12.7 Å². The second-order valence-corrected chi connectivity index (χ2v) is 9.33. The molecule has 1 amide bonds. The van der Waals surface area contributed by atoms with Crippen molar-refractivity contribution in [3.63, 3.8) is 0 Å². The van der Waals surface area contributed by atoms with Crippen LogP contribution in [0.25, 0.3) is 11.3 Å². The Kier molecular flexibility index (Phi) is 7.04. The van der Waals surface area contributed by atoms with Crippen molar-refractivity contribution in [2.45, 2.75) is 13.0 Å². The fraction of sp³-hybridized carbons (Fsp3) is 0.143. The van der Waals surface area contributed by atoms with Crippen LogP contribution in [0, 0.1) is 0 Å². The van der Waals surface area contributed by atoms with Crippen molar-refractivity contribution in [2.75, 3.05) is 10.6 Å². The number of rotatable bonds is 7. The van der Waals surface area contributed by atoms with Gasteiger partial charge in [0.2, 0.25) is 10.0 Å². The van der Waals surface area contributed by atoms with Gasteiger partial charge in [-0.1, -0.05) is 41.4 Å². The van der Waals surface area contributed by atoms with E-state index in [0.29, 0.717) is 32.8 Å². The van der Waals surface area contributed by atoms with E-state index in [0.717, 1.165) is 10.6 Å². The summed E-state index contributed by atoms with van der Waals surface area (Å²) < 4.78 is 31.2. The molecule has 0 fully saturated rings. The molecule has 162 valence electrons. The number of nitrogens with zero attached hydrogens (tertiary/aromatic N) is 2. The maximum absolute atomic E-state index is 12.5. The van der Waals surface area contributed by atoms with Gasteiger partial charge in [0.15, 0.2) is 0 Å². The highest BCUT2D eigenvalue weighted by Gasteiger charge is 2.28. The smallest absolute Gasteiger partial charge is 0.263 e. The molecule has 1 aromatic heterocycles. The van der Waals surface area contributed by atoms with Gasteiger partial charge in [0.1, 0.15) is 17.6 Å². The van der Waals surface area contributed by atoms with Gasteiger partial charge in [0.25, 0.3) is 5.91 Å². The third-order valence-corrected chi connectivity index (χ3v) is 6.08. The normalized spacial score (nSPS) is 12.6. The van der Waals surface area contributed by atoms with Crippen LogP contribution in [0.5, 0.6) is 0 Å². The first-order chi connectivity index (χ1) is 14.7. The SMILES string of the molecule is C[C@@H](C(=O)N/N=C\c1ccc(-c2ccc(Cl)cc2Cl)o1)N(c1ccccc1)S(C)(=O)=O. The predicted molar refractivity (Wildman–Crippen MR) is 123 cm³/mol. The minimum absolute atomic E-state index is 0.372. The molecular weight excluding hydrogens is 461 g/mol. The monoisotopic (exact) mass is 479 g/mol. The van der Waals surface area contributed by atoms with Crippen molar-refractivity contribution < 1.29 is 17.6 Å². The number of benzene rings is 2. The third-order valence-electron chi connectivity index (χ3n) is 4.29. The number of sulfonamides is 1. The van der Waals surface area contributed by atoms with Crippen LogP contribution in [0.2, 0.25) is 10.0 Å². The van der Waals surface area contributed by atoms with Crippen LogP contribution < -0.4 is 9.73 Å². The Bertz CT molecular complexity index is 1210. The molecule has 0 saturated carbocycles. The summed E-state index contributed by atoms with van der Waals surface area (Å²) in [5.74, 6) is 0.283. The Balaban J connectivity index is 1.70. The summed E-state index contributed by atoms with van der Waals surface area (Å²) >= 11 is 12.1. The lowest BCUT2D eigenvalue weighted by Gasteiger charge is -2.27. The number of amides is 1. The van der Waals surface area contributed by atoms with E-state index in [-0.39, 0.29) is 0 Å². The van der Waals surface area contributed by atoms with Gasteiger partial charge in [-0.15, -0.1) is 0 Å². The van der Waals surface area contributed by atoms with Crippen LogP contribution in [-0.4, -0.2) is 32.8 Å². The number of para-hydroxylation sites is 1. The molecule has 7 nitrogen and oxygen atoms in total. The Morgan fingerprint density at radius 3 is 2.48 bits per heavy atom. The molecule has 10 heteroatoms. The number of halogens is 2. The van der Waals surface area contributed by atoms with E-state index >= 15 is 0 Å². The molecule has 0 aliphatic carbocycles. The number of hydrazone groups is 1. The van der Waals surface area contributed by atoms with Crippen LogP contribution >= 0.6 is 23.2 Å². The Hall–Kier alpha value is -2.81. The van der Waals surface area contributed by atoms with E-state index in [1.807, 2.05) is 0 Å². The summed E-state index contributed by atoms with van der Waals surface area (Å²) in [4.78, 5) is 12.5. The number of hydrogen-bond donors (Lipinski definition) is 1. The lowest BCUT2D eigenvalue weighted by Crippen LogP contribution is -2.46. The zero-order valence-corrected chi connectivity index (χ0v) is 18.9. The number of nitrogens with one attached hydrogen (secondary N) is 1. The fourth-order valence-electron chi connectivity index (χ4n) is 2.89. The largest absolute Gasteiger partial charge is 0.455 e. The lowest BCUT2D eigenvalue weighted by molar-refractivity contribution is -0.121. The van der Waals surface area contributed by atoms with Crippen molar-refractivity contribution >= 4 is 51.0 Å². The predicted octanol–water partition coefficient (Wildman–Crippen LogP) is 4.56. The highest BCUT2D eigenvalue weighted by atomic mass is 35.5. The molecule has 1 heterocycles. The molecule has 0 bridgehead atoms. The maximum atomic E-state index is 12.5. The second-order valence-electron chi connectivity index (χ2n) is 6.63. The zero-order chi connectivity index (χ0) is 22.6. The molecule has 0 saturated heterocycles. The molecule has 0 aliphatic heterocycles. The molecule has 31 heavy (non-hydrogen) atoms. The van der Waals surface area contributed by atoms with Gasteiger partial charge in [-0.3, -0.25) is 9.10 Å². The average Bonchev–Trinajstić information content (AvgIpc) is 3.16. The first-order valence-electron chi connectivity index (χ1n) is 9.09. The Morgan fingerprint density at radius 2 is 1.84 bits per heavy atom. The van der Waals surface area contributed by atoms with E-state index in [1.54, 1.807) is 60.7 Å². The molecular formula is C21H19Cl2N3O4S. The van der Waals surface area contributed by atoms with Crippen molar-refractivity contribution in [3.8, 4) is 11.3 Å². The van der Waals surface area contributed by atoms with Gasteiger partial charge >= 0.3 is 0 Å². The van der Waals surface area contributed by atoms with E-state index in [9.17, 15) is 13.2 Å². The van der Waals surface area contributed by atoms with Crippen LogP contribution in [0.3, 0.4) is 0 Å². The first-order valence-corrected chi connectivity index (χ1v) is 11.7. The van der Waals surface area contributed by atoms with Crippen molar-refractivity contribution in [1.82, 2.24) is 5.43 Å².